The van der Waals surface area contributed by atoms with Crippen molar-refractivity contribution in [2.24, 2.45) is 0 Å². The summed E-state index contributed by atoms with van der Waals surface area (Å²) in [6.07, 6.45) is 5.19. The Labute approximate surface area is 95.6 Å². The van der Waals surface area contributed by atoms with Crippen LogP contribution in [-0.4, -0.2) is 33.5 Å². The molecule has 0 bridgehead atoms. The molecule has 0 aliphatic heterocycles. The molecule has 0 amide bonds. The Balaban J connectivity index is 1.97. The fourth-order valence-corrected chi connectivity index (χ4v) is 2.06. The van der Waals surface area contributed by atoms with Gasteiger partial charge in [-0.1, -0.05) is 18.7 Å². The molecular weight excluding hydrogens is 208 g/mol. The van der Waals surface area contributed by atoms with E-state index in [0.29, 0.717) is 6.04 Å². The summed E-state index contributed by atoms with van der Waals surface area (Å²) in [5.41, 5.74) is 0. The molecule has 0 aliphatic carbocycles. The summed E-state index contributed by atoms with van der Waals surface area (Å²) in [6, 6.07) is 0.625. The summed E-state index contributed by atoms with van der Waals surface area (Å²) in [5.74, 6) is 1.10. The minimum Gasteiger partial charge on any atom is -0.314 e. The van der Waals surface area contributed by atoms with Gasteiger partial charge >= 0.3 is 0 Å². The van der Waals surface area contributed by atoms with Gasteiger partial charge in [0.1, 0.15) is 6.33 Å². The van der Waals surface area contributed by atoms with Crippen LogP contribution in [0.4, 0.5) is 0 Å². The molecule has 0 aromatic carbocycles. The van der Waals surface area contributed by atoms with Crippen LogP contribution in [0.15, 0.2) is 11.5 Å². The molecule has 1 rings (SSSR count). The second kappa shape index (κ2) is 7.70. The fraction of sp³-hybridized carbons (Fsp3) is 0.800. The summed E-state index contributed by atoms with van der Waals surface area (Å²) < 4.78 is 0. The van der Waals surface area contributed by atoms with Gasteiger partial charge in [0.25, 0.3) is 0 Å². The van der Waals surface area contributed by atoms with Crippen molar-refractivity contribution < 1.29 is 0 Å². The second-order valence-electron chi connectivity index (χ2n) is 3.64. The Hall–Kier alpha value is -0.550. The minimum atomic E-state index is 0.625. The first-order chi connectivity index (χ1) is 7.33. The van der Waals surface area contributed by atoms with Crippen LogP contribution in [-0.2, 0) is 0 Å². The van der Waals surface area contributed by atoms with E-state index in [-0.39, 0.29) is 0 Å². The maximum atomic E-state index is 4.06. The van der Waals surface area contributed by atoms with Crippen molar-refractivity contribution in [3.63, 3.8) is 0 Å². The van der Waals surface area contributed by atoms with Crippen LogP contribution >= 0.6 is 11.8 Å². The number of nitrogens with zero attached hydrogens (tertiary/aromatic N) is 2. The molecule has 1 heterocycles. The second-order valence-corrected chi connectivity index (χ2v) is 4.72. The third kappa shape index (κ3) is 5.79. The molecule has 2 N–H and O–H groups in total. The zero-order valence-corrected chi connectivity index (χ0v) is 10.3. The third-order valence-electron chi connectivity index (χ3n) is 2.16. The number of hydrogen-bond donors (Lipinski definition) is 2. The van der Waals surface area contributed by atoms with Crippen molar-refractivity contribution in [2.75, 3.05) is 12.3 Å². The zero-order valence-electron chi connectivity index (χ0n) is 9.49. The molecule has 5 heteroatoms. The Morgan fingerprint density at radius 3 is 3.13 bits per heavy atom. The molecule has 0 spiro atoms. The lowest BCUT2D eigenvalue weighted by Crippen LogP contribution is -2.26. The van der Waals surface area contributed by atoms with Crippen molar-refractivity contribution in [3.05, 3.63) is 6.33 Å². The van der Waals surface area contributed by atoms with E-state index in [0.717, 1.165) is 17.5 Å². The van der Waals surface area contributed by atoms with Crippen LogP contribution in [0.5, 0.6) is 0 Å². The quantitative estimate of drug-likeness (QED) is 0.528. The van der Waals surface area contributed by atoms with Gasteiger partial charge in [0.2, 0.25) is 0 Å². The van der Waals surface area contributed by atoms with Crippen molar-refractivity contribution in [1.82, 2.24) is 20.5 Å². The molecule has 0 saturated carbocycles. The predicted molar refractivity (Wildman–Crippen MR) is 64.1 cm³/mol. The highest BCUT2D eigenvalue weighted by molar-refractivity contribution is 7.99. The molecule has 0 fully saturated rings. The van der Waals surface area contributed by atoms with Gasteiger partial charge in [-0.3, -0.25) is 5.10 Å². The van der Waals surface area contributed by atoms with E-state index >= 15 is 0 Å². The van der Waals surface area contributed by atoms with Gasteiger partial charge in [0, 0.05) is 11.8 Å². The molecule has 0 saturated heterocycles. The van der Waals surface area contributed by atoms with E-state index in [1.54, 1.807) is 18.1 Å². The number of H-pyrrole nitrogens is 1. The van der Waals surface area contributed by atoms with Gasteiger partial charge in [-0.05, 0) is 32.7 Å². The first kappa shape index (κ1) is 12.5. The van der Waals surface area contributed by atoms with Gasteiger partial charge in [-0.15, -0.1) is 0 Å². The van der Waals surface area contributed by atoms with E-state index in [9.17, 15) is 0 Å². The van der Waals surface area contributed by atoms with E-state index in [1.807, 2.05) is 0 Å². The van der Waals surface area contributed by atoms with Crippen LogP contribution in [0.1, 0.15) is 33.1 Å². The van der Waals surface area contributed by atoms with Crippen LogP contribution in [0.25, 0.3) is 0 Å². The Morgan fingerprint density at radius 2 is 2.47 bits per heavy atom. The summed E-state index contributed by atoms with van der Waals surface area (Å²) in [7, 11) is 0. The van der Waals surface area contributed by atoms with Gasteiger partial charge in [-0.2, -0.15) is 5.10 Å². The fourth-order valence-electron chi connectivity index (χ4n) is 1.31. The molecule has 86 valence electrons. The highest BCUT2D eigenvalue weighted by Gasteiger charge is 2.01. The smallest absolute Gasteiger partial charge is 0.183 e. The average molecular weight is 228 g/mol. The van der Waals surface area contributed by atoms with Crippen LogP contribution in [0.2, 0.25) is 0 Å². The maximum Gasteiger partial charge on any atom is 0.183 e. The van der Waals surface area contributed by atoms with Gasteiger partial charge in [0.15, 0.2) is 5.16 Å². The molecule has 1 aromatic heterocycles. The Kier molecular flexibility index (Phi) is 6.43. The van der Waals surface area contributed by atoms with Crippen LogP contribution in [0, 0.1) is 0 Å². The molecule has 15 heavy (non-hydrogen) atoms. The van der Waals surface area contributed by atoms with Gasteiger partial charge < -0.3 is 5.32 Å². The first-order valence-electron chi connectivity index (χ1n) is 5.54. The molecule has 1 aromatic rings. The van der Waals surface area contributed by atoms with E-state index in [4.69, 9.17) is 0 Å². The summed E-state index contributed by atoms with van der Waals surface area (Å²) in [6.45, 7) is 5.56. The standard InChI is InChI=1S/C10H20N4S/c1-3-6-11-9(2)5-4-7-15-10-12-8-13-14-10/h8-9,11H,3-7H2,1-2H3,(H,12,13,14). The molecule has 1 unspecified atom stereocenters. The van der Waals surface area contributed by atoms with Crippen molar-refractivity contribution in [1.29, 1.82) is 0 Å². The zero-order chi connectivity index (χ0) is 10.9. The van der Waals surface area contributed by atoms with Crippen molar-refractivity contribution >= 4 is 11.8 Å². The predicted octanol–water partition coefficient (Wildman–Crippen LogP) is 2.07. The number of aromatic nitrogens is 3. The molecular formula is C10H20N4S. The average Bonchev–Trinajstić information content (AvgIpc) is 2.74. The maximum absolute atomic E-state index is 4.06. The molecule has 0 aliphatic rings. The largest absolute Gasteiger partial charge is 0.314 e. The third-order valence-corrected chi connectivity index (χ3v) is 3.12. The van der Waals surface area contributed by atoms with Crippen LogP contribution in [0.3, 0.4) is 0 Å². The number of thioether (sulfide) groups is 1. The highest BCUT2D eigenvalue weighted by Crippen LogP contribution is 2.13. The normalized spacial score (nSPS) is 12.9. The Morgan fingerprint density at radius 1 is 1.60 bits per heavy atom. The first-order valence-corrected chi connectivity index (χ1v) is 6.53. The summed E-state index contributed by atoms with van der Waals surface area (Å²) >= 11 is 1.74. The highest BCUT2D eigenvalue weighted by atomic mass is 32.2. The van der Waals surface area contributed by atoms with E-state index in [2.05, 4.69) is 34.3 Å². The topological polar surface area (TPSA) is 53.6 Å². The van der Waals surface area contributed by atoms with E-state index < -0.39 is 0 Å². The SMILES string of the molecule is CCCNC(C)CCCSc1ncn[nH]1. The summed E-state index contributed by atoms with van der Waals surface area (Å²) in [5, 5.41) is 11.1. The summed E-state index contributed by atoms with van der Waals surface area (Å²) in [4.78, 5) is 4.06. The minimum absolute atomic E-state index is 0.625. The lowest BCUT2D eigenvalue weighted by atomic mass is 10.2. The number of nitrogens with one attached hydrogen (secondary N) is 2. The van der Waals surface area contributed by atoms with Gasteiger partial charge in [0.05, 0.1) is 0 Å². The number of rotatable bonds is 8. The molecule has 1 atom stereocenters. The van der Waals surface area contributed by atoms with E-state index in [1.165, 1.54) is 19.3 Å². The van der Waals surface area contributed by atoms with Crippen molar-refractivity contribution in [3.8, 4) is 0 Å². The van der Waals surface area contributed by atoms with Crippen molar-refractivity contribution in [2.45, 2.75) is 44.3 Å². The molecule has 4 nitrogen and oxygen atoms in total. The van der Waals surface area contributed by atoms with Crippen LogP contribution < -0.4 is 5.32 Å². The number of aromatic amines is 1. The molecule has 0 radical (unpaired) electrons. The number of hydrogen-bond acceptors (Lipinski definition) is 4. The Bertz CT molecular complexity index is 238. The lowest BCUT2D eigenvalue weighted by molar-refractivity contribution is 0.510. The lowest BCUT2D eigenvalue weighted by Gasteiger charge is -2.11. The van der Waals surface area contributed by atoms with Gasteiger partial charge in [-0.25, -0.2) is 4.98 Å². The monoisotopic (exact) mass is 228 g/mol.